The van der Waals surface area contributed by atoms with Crippen LogP contribution in [0.25, 0.3) is 0 Å². The Morgan fingerprint density at radius 3 is 2.81 bits per heavy atom. The molecule has 2 aliphatic rings. The van der Waals surface area contributed by atoms with Crippen LogP contribution in [-0.2, 0) is 9.53 Å². The van der Waals surface area contributed by atoms with Gasteiger partial charge in [-0.15, -0.1) is 0 Å². The fraction of sp³-hybridized carbons (Fsp3) is 0.593. The summed E-state index contributed by atoms with van der Waals surface area (Å²) in [5.41, 5.74) is 0.810. The van der Waals surface area contributed by atoms with E-state index in [4.69, 9.17) is 4.74 Å². The highest BCUT2D eigenvalue weighted by Crippen LogP contribution is 2.26. The van der Waals surface area contributed by atoms with Gasteiger partial charge in [-0.3, -0.25) is 4.90 Å². The van der Waals surface area contributed by atoms with Gasteiger partial charge in [0.15, 0.2) is 0 Å². The van der Waals surface area contributed by atoms with Gasteiger partial charge < -0.3 is 25.1 Å². The summed E-state index contributed by atoms with van der Waals surface area (Å²) in [7, 11) is 0. The maximum atomic E-state index is 13.7. The van der Waals surface area contributed by atoms with Gasteiger partial charge in [-0.1, -0.05) is 18.7 Å². The summed E-state index contributed by atoms with van der Waals surface area (Å²) < 4.78 is 19.1. The number of ether oxygens (including phenoxy) is 1. The quantitative estimate of drug-likeness (QED) is 0.502. The molecule has 0 radical (unpaired) electrons. The van der Waals surface area contributed by atoms with Gasteiger partial charge in [-0.05, 0) is 64.7 Å². The van der Waals surface area contributed by atoms with E-state index in [1.54, 1.807) is 26.8 Å². The third-order valence-electron chi connectivity index (χ3n) is 6.72. The number of alkyl carbamates (subject to hydrolysis) is 1. The zero-order valence-electron chi connectivity index (χ0n) is 21.7. The van der Waals surface area contributed by atoms with E-state index in [9.17, 15) is 19.2 Å². The second kappa shape index (κ2) is 11.8. The van der Waals surface area contributed by atoms with E-state index < -0.39 is 17.7 Å². The predicted molar refractivity (Wildman–Crippen MR) is 135 cm³/mol. The van der Waals surface area contributed by atoms with Crippen LogP contribution < -0.4 is 10.6 Å². The van der Waals surface area contributed by atoms with E-state index in [-0.39, 0.29) is 30.0 Å². The van der Waals surface area contributed by atoms with Crippen molar-refractivity contribution in [1.29, 1.82) is 5.26 Å². The molecule has 1 aromatic carbocycles. The molecule has 2 heterocycles. The Morgan fingerprint density at radius 2 is 2.17 bits per heavy atom. The van der Waals surface area contributed by atoms with Crippen molar-refractivity contribution in [3.8, 4) is 6.07 Å². The third kappa shape index (κ3) is 7.28. The van der Waals surface area contributed by atoms with Crippen molar-refractivity contribution in [3.05, 3.63) is 47.9 Å². The molecule has 0 aliphatic carbocycles. The van der Waals surface area contributed by atoms with Crippen molar-refractivity contribution >= 4 is 12.4 Å². The van der Waals surface area contributed by atoms with Gasteiger partial charge in [0.25, 0.3) is 0 Å². The first kappa shape index (κ1) is 27.6. The number of carbonyl (C=O) groups excluding carboxylic acids is 2. The van der Waals surface area contributed by atoms with Crippen molar-refractivity contribution in [1.82, 2.24) is 20.4 Å². The molecule has 5 atom stereocenters. The molecule has 1 aromatic rings. The first-order valence-corrected chi connectivity index (χ1v) is 12.6. The van der Waals surface area contributed by atoms with Gasteiger partial charge in [0.05, 0.1) is 18.2 Å². The molecular weight excluding hydrogens is 461 g/mol. The second-order valence-corrected chi connectivity index (χ2v) is 10.7. The Morgan fingerprint density at radius 1 is 1.42 bits per heavy atom. The Kier molecular flexibility index (Phi) is 9.09. The van der Waals surface area contributed by atoms with Crippen LogP contribution in [0.15, 0.2) is 36.5 Å². The average Bonchev–Trinajstić information content (AvgIpc) is 3.43. The number of nitrogens with one attached hydrogen (secondary N) is 2. The Bertz CT molecular complexity index is 988. The lowest BCUT2D eigenvalue weighted by Gasteiger charge is -2.34. The van der Waals surface area contributed by atoms with Crippen molar-refractivity contribution < 1.29 is 18.7 Å². The summed E-state index contributed by atoms with van der Waals surface area (Å²) in [6.45, 7) is 13.2. The molecule has 5 unspecified atom stereocenters. The second-order valence-electron chi connectivity index (χ2n) is 10.7. The molecule has 196 valence electrons. The predicted octanol–water partition coefficient (Wildman–Crippen LogP) is 3.51. The summed E-state index contributed by atoms with van der Waals surface area (Å²) in [6.07, 6.45) is 2.58. The molecule has 0 aromatic heterocycles. The largest absolute Gasteiger partial charge is 0.444 e. The molecule has 36 heavy (non-hydrogen) atoms. The Labute approximate surface area is 213 Å². The first-order valence-electron chi connectivity index (χ1n) is 12.6. The fourth-order valence-electron chi connectivity index (χ4n) is 5.00. The molecule has 8 nitrogen and oxygen atoms in total. The highest BCUT2D eigenvalue weighted by molar-refractivity contribution is 5.68. The summed E-state index contributed by atoms with van der Waals surface area (Å²) >= 11 is 0. The van der Waals surface area contributed by atoms with Crippen molar-refractivity contribution in [2.45, 2.75) is 82.8 Å². The molecule has 1 amide bonds. The van der Waals surface area contributed by atoms with E-state index >= 15 is 0 Å². The van der Waals surface area contributed by atoms with E-state index in [0.717, 1.165) is 24.7 Å². The number of hydrogen-bond donors (Lipinski definition) is 2. The van der Waals surface area contributed by atoms with E-state index in [0.29, 0.717) is 31.8 Å². The lowest BCUT2D eigenvalue weighted by molar-refractivity contribution is -0.111. The molecule has 0 bridgehead atoms. The van der Waals surface area contributed by atoms with Crippen LogP contribution in [0.1, 0.15) is 58.6 Å². The number of amides is 1. The minimum Gasteiger partial charge on any atom is -0.444 e. The number of nitrogens with zero attached hydrogens (tertiary/aromatic N) is 3. The van der Waals surface area contributed by atoms with Gasteiger partial charge in [0.2, 0.25) is 0 Å². The third-order valence-corrected chi connectivity index (χ3v) is 6.72. The maximum absolute atomic E-state index is 13.7. The minimum atomic E-state index is -0.667. The molecule has 0 spiro atoms. The number of nitriles is 1. The number of benzene rings is 1. The standard InChI is InChI=1S/C27H38FN5O3/c1-18(20-8-6-9-21(28)12-20)30-22-13-24(17-34)32(15-22)16-25(31-26(35)36-27(3,4)5)19(2)33-11-7-10-23(33)14-29/h6,8-9,12,17-18,22-25,30H,2,7,10-11,13,15-16H2,1,3-5H3,(H,31,35). The number of rotatable bonds is 9. The zero-order valence-corrected chi connectivity index (χ0v) is 21.7. The fourth-order valence-corrected chi connectivity index (χ4v) is 5.00. The van der Waals surface area contributed by atoms with Crippen LogP contribution in [0, 0.1) is 17.1 Å². The van der Waals surface area contributed by atoms with Gasteiger partial charge in [-0.2, -0.15) is 5.26 Å². The first-order chi connectivity index (χ1) is 17.0. The molecule has 2 saturated heterocycles. The van der Waals surface area contributed by atoms with Crippen LogP contribution in [0.4, 0.5) is 9.18 Å². The lowest BCUT2D eigenvalue weighted by atomic mass is 10.1. The van der Waals surface area contributed by atoms with E-state index in [2.05, 4.69) is 23.3 Å². The Hall–Kier alpha value is -2.96. The molecule has 2 N–H and O–H groups in total. The molecular formula is C27H38FN5O3. The minimum absolute atomic E-state index is 0.00699. The SMILES string of the molecule is C=C(C(CN1CC(NC(C)c2cccc(F)c2)CC1C=O)NC(=O)OC(C)(C)C)N1CCCC1C#N. The summed E-state index contributed by atoms with van der Waals surface area (Å²) in [6, 6.07) is 7.54. The number of hydrogen-bond acceptors (Lipinski definition) is 7. The Balaban J connectivity index is 1.72. The van der Waals surface area contributed by atoms with Gasteiger partial charge >= 0.3 is 6.09 Å². The summed E-state index contributed by atoms with van der Waals surface area (Å²) in [5, 5.41) is 16.0. The number of likely N-dealkylation sites (tertiary alicyclic amines) is 2. The summed E-state index contributed by atoms with van der Waals surface area (Å²) in [4.78, 5) is 28.6. The lowest BCUT2D eigenvalue weighted by Crippen LogP contribution is -2.51. The van der Waals surface area contributed by atoms with Crippen LogP contribution >= 0.6 is 0 Å². The number of carbonyl (C=O) groups is 2. The molecule has 9 heteroatoms. The van der Waals surface area contributed by atoms with Gasteiger partial charge in [0, 0.05) is 37.4 Å². The van der Waals surface area contributed by atoms with E-state index in [1.165, 1.54) is 12.1 Å². The highest BCUT2D eigenvalue weighted by Gasteiger charge is 2.37. The molecule has 2 aliphatic heterocycles. The van der Waals surface area contributed by atoms with Crippen LogP contribution in [-0.4, -0.2) is 71.6 Å². The number of aldehydes is 1. The zero-order chi connectivity index (χ0) is 26.5. The smallest absolute Gasteiger partial charge is 0.408 e. The topological polar surface area (TPSA) is 97.7 Å². The monoisotopic (exact) mass is 499 g/mol. The van der Waals surface area contributed by atoms with Crippen LogP contribution in [0.3, 0.4) is 0 Å². The van der Waals surface area contributed by atoms with Gasteiger partial charge in [0.1, 0.15) is 23.7 Å². The van der Waals surface area contributed by atoms with Crippen molar-refractivity contribution in [2.75, 3.05) is 19.6 Å². The summed E-state index contributed by atoms with van der Waals surface area (Å²) in [5.74, 6) is -0.285. The molecule has 2 fully saturated rings. The van der Waals surface area contributed by atoms with Crippen LogP contribution in [0.5, 0.6) is 0 Å². The van der Waals surface area contributed by atoms with Crippen molar-refractivity contribution in [3.63, 3.8) is 0 Å². The average molecular weight is 500 g/mol. The van der Waals surface area contributed by atoms with Gasteiger partial charge in [-0.25, -0.2) is 9.18 Å². The molecule has 3 rings (SSSR count). The van der Waals surface area contributed by atoms with Crippen LogP contribution in [0.2, 0.25) is 0 Å². The van der Waals surface area contributed by atoms with Crippen molar-refractivity contribution in [2.24, 2.45) is 0 Å². The normalized spacial score (nSPS) is 24.1. The molecule has 0 saturated carbocycles. The highest BCUT2D eigenvalue weighted by atomic mass is 19.1. The maximum Gasteiger partial charge on any atom is 0.408 e. The van der Waals surface area contributed by atoms with E-state index in [1.807, 2.05) is 22.8 Å². The number of halogens is 1.